The summed E-state index contributed by atoms with van der Waals surface area (Å²) < 4.78 is 5.01. The number of hydrogen-bond acceptors (Lipinski definition) is 4. The third-order valence-electron chi connectivity index (χ3n) is 2.79. The zero-order valence-corrected chi connectivity index (χ0v) is 13.7. The van der Waals surface area contributed by atoms with E-state index in [0.717, 1.165) is 0 Å². The molecule has 0 spiro atoms. The Labute approximate surface area is 147 Å². The number of benzene rings is 2. The Hall–Kier alpha value is -2.57. The van der Waals surface area contributed by atoms with Gasteiger partial charge in [0.1, 0.15) is 5.75 Å². The first-order chi connectivity index (χ1) is 11.5. The largest absolute Gasteiger partial charge is 0.480 e. The summed E-state index contributed by atoms with van der Waals surface area (Å²) in [6.07, 6.45) is 1.40. The van der Waals surface area contributed by atoms with E-state index in [1.54, 1.807) is 30.3 Å². The zero-order valence-electron chi connectivity index (χ0n) is 12.2. The van der Waals surface area contributed by atoms with Crippen molar-refractivity contribution in [2.45, 2.75) is 0 Å². The molecule has 1 amide bonds. The molecule has 0 radical (unpaired) electrons. The number of amides is 1. The minimum absolute atomic E-state index is 0.240. The van der Waals surface area contributed by atoms with Gasteiger partial charge in [-0.15, -0.1) is 0 Å². The van der Waals surface area contributed by atoms with E-state index in [2.05, 4.69) is 10.5 Å². The molecular weight excluding hydrogens is 355 g/mol. The van der Waals surface area contributed by atoms with Crippen LogP contribution in [0.4, 0.5) is 0 Å². The van der Waals surface area contributed by atoms with E-state index >= 15 is 0 Å². The second-order valence-corrected chi connectivity index (χ2v) is 5.42. The molecule has 0 bridgehead atoms. The molecule has 6 nitrogen and oxygen atoms in total. The number of hydrazone groups is 1. The molecule has 8 heteroatoms. The summed E-state index contributed by atoms with van der Waals surface area (Å²) in [5, 5.41) is 13.2. The van der Waals surface area contributed by atoms with Crippen LogP contribution >= 0.6 is 23.2 Å². The van der Waals surface area contributed by atoms with Crippen LogP contribution in [-0.4, -0.2) is 29.8 Å². The van der Waals surface area contributed by atoms with Crippen molar-refractivity contribution in [1.82, 2.24) is 5.43 Å². The molecule has 0 heterocycles. The van der Waals surface area contributed by atoms with Crippen molar-refractivity contribution < 1.29 is 19.4 Å². The molecular formula is C16H12Cl2N2O4. The number of ether oxygens (including phenoxy) is 1. The van der Waals surface area contributed by atoms with Gasteiger partial charge in [-0.25, -0.2) is 10.2 Å². The lowest BCUT2D eigenvalue weighted by atomic mass is 10.2. The maximum atomic E-state index is 11.8. The van der Waals surface area contributed by atoms with E-state index in [-0.39, 0.29) is 16.7 Å². The Morgan fingerprint density at radius 3 is 2.50 bits per heavy atom. The fourth-order valence-electron chi connectivity index (χ4n) is 1.69. The van der Waals surface area contributed by atoms with Crippen molar-refractivity contribution >= 4 is 41.3 Å². The van der Waals surface area contributed by atoms with Gasteiger partial charge < -0.3 is 9.84 Å². The summed E-state index contributed by atoms with van der Waals surface area (Å²) in [5.74, 6) is -1.22. The second kappa shape index (κ2) is 8.33. The lowest BCUT2D eigenvalue weighted by Gasteiger charge is -2.05. The maximum Gasteiger partial charge on any atom is 0.341 e. The molecule has 24 heavy (non-hydrogen) atoms. The van der Waals surface area contributed by atoms with Gasteiger partial charge in [-0.2, -0.15) is 5.10 Å². The van der Waals surface area contributed by atoms with Crippen LogP contribution in [0.25, 0.3) is 0 Å². The molecule has 0 fully saturated rings. The summed E-state index contributed by atoms with van der Waals surface area (Å²) in [6.45, 7) is -0.482. The normalized spacial score (nSPS) is 10.6. The van der Waals surface area contributed by atoms with Gasteiger partial charge in [-0.3, -0.25) is 4.79 Å². The molecule has 0 aromatic heterocycles. The molecule has 2 aromatic rings. The lowest BCUT2D eigenvalue weighted by molar-refractivity contribution is -0.139. The Morgan fingerprint density at radius 2 is 1.88 bits per heavy atom. The number of halogens is 2. The molecule has 0 saturated carbocycles. The molecule has 2 rings (SSSR count). The summed E-state index contributed by atoms with van der Waals surface area (Å²) in [6, 6.07) is 11.1. The van der Waals surface area contributed by atoms with Gasteiger partial charge in [0.05, 0.1) is 11.2 Å². The summed E-state index contributed by atoms with van der Waals surface area (Å²) >= 11 is 11.7. The van der Waals surface area contributed by atoms with E-state index in [4.69, 9.17) is 33.0 Å². The van der Waals surface area contributed by atoms with Crippen molar-refractivity contribution in [1.29, 1.82) is 0 Å². The lowest BCUT2D eigenvalue weighted by Crippen LogP contribution is -2.17. The first-order valence-corrected chi connectivity index (χ1v) is 7.44. The smallest absolute Gasteiger partial charge is 0.341 e. The molecule has 2 N–H and O–H groups in total. The monoisotopic (exact) mass is 366 g/mol. The standard InChI is InChI=1S/C16H12Cl2N2O4/c17-12-4-2-11(3-5-12)16(23)20-19-8-10-1-6-14(13(18)7-10)24-9-15(21)22/h1-8H,9H2,(H,20,23)(H,21,22)/b19-8-. The fourth-order valence-corrected chi connectivity index (χ4v) is 2.05. The van der Waals surface area contributed by atoms with Gasteiger partial charge in [0.15, 0.2) is 6.61 Å². The third kappa shape index (κ3) is 5.26. The minimum Gasteiger partial charge on any atom is -0.480 e. The molecule has 0 aliphatic carbocycles. The summed E-state index contributed by atoms with van der Waals surface area (Å²) in [4.78, 5) is 22.3. The maximum absolute atomic E-state index is 11.8. The van der Waals surface area contributed by atoms with Crippen molar-refractivity contribution in [3.63, 3.8) is 0 Å². The number of nitrogens with one attached hydrogen (secondary N) is 1. The number of rotatable bonds is 6. The molecule has 0 saturated heterocycles. The van der Waals surface area contributed by atoms with Crippen LogP contribution in [-0.2, 0) is 4.79 Å². The zero-order chi connectivity index (χ0) is 17.5. The highest BCUT2D eigenvalue weighted by Gasteiger charge is 2.06. The highest BCUT2D eigenvalue weighted by atomic mass is 35.5. The molecule has 0 atom stereocenters. The van der Waals surface area contributed by atoms with Crippen LogP contribution in [0.5, 0.6) is 5.75 Å². The van der Waals surface area contributed by atoms with Crippen LogP contribution in [0.2, 0.25) is 10.0 Å². The molecule has 0 unspecified atom stereocenters. The molecule has 0 aliphatic heterocycles. The van der Waals surface area contributed by atoms with Crippen LogP contribution in [0.3, 0.4) is 0 Å². The fraction of sp³-hybridized carbons (Fsp3) is 0.0625. The molecule has 2 aromatic carbocycles. The Balaban J connectivity index is 1.96. The average molecular weight is 367 g/mol. The van der Waals surface area contributed by atoms with Crippen LogP contribution in [0.15, 0.2) is 47.6 Å². The third-order valence-corrected chi connectivity index (χ3v) is 3.34. The van der Waals surface area contributed by atoms with E-state index in [1.807, 2.05) is 0 Å². The number of carbonyl (C=O) groups excluding carboxylic acids is 1. The minimum atomic E-state index is -1.10. The molecule has 0 aliphatic rings. The van der Waals surface area contributed by atoms with E-state index < -0.39 is 12.6 Å². The van der Waals surface area contributed by atoms with Crippen molar-refractivity contribution in [2.75, 3.05) is 6.61 Å². The van der Waals surface area contributed by atoms with E-state index in [1.165, 1.54) is 18.3 Å². The number of aliphatic carboxylic acids is 1. The Bertz CT molecular complexity index is 776. The van der Waals surface area contributed by atoms with E-state index in [9.17, 15) is 9.59 Å². The SMILES string of the molecule is O=C(O)COc1ccc(/C=N\NC(=O)c2ccc(Cl)cc2)cc1Cl. The number of hydrogen-bond donors (Lipinski definition) is 2. The van der Waals surface area contributed by atoms with E-state index in [0.29, 0.717) is 16.1 Å². The van der Waals surface area contributed by atoms with Crippen molar-refractivity contribution in [2.24, 2.45) is 5.10 Å². The van der Waals surface area contributed by atoms with Crippen LogP contribution < -0.4 is 10.2 Å². The van der Waals surface area contributed by atoms with Gasteiger partial charge in [-0.05, 0) is 48.0 Å². The highest BCUT2D eigenvalue weighted by molar-refractivity contribution is 6.32. The highest BCUT2D eigenvalue weighted by Crippen LogP contribution is 2.24. The van der Waals surface area contributed by atoms with Crippen molar-refractivity contribution in [3.8, 4) is 5.75 Å². The van der Waals surface area contributed by atoms with Gasteiger partial charge in [0, 0.05) is 10.6 Å². The predicted molar refractivity (Wildman–Crippen MR) is 91.1 cm³/mol. The van der Waals surface area contributed by atoms with Crippen LogP contribution in [0, 0.1) is 0 Å². The number of nitrogens with zero attached hydrogens (tertiary/aromatic N) is 1. The Kier molecular flexibility index (Phi) is 6.17. The first-order valence-electron chi connectivity index (χ1n) is 6.69. The van der Waals surface area contributed by atoms with Crippen LogP contribution in [0.1, 0.15) is 15.9 Å². The van der Waals surface area contributed by atoms with Gasteiger partial charge >= 0.3 is 5.97 Å². The quantitative estimate of drug-likeness (QED) is 0.606. The molecule has 124 valence electrons. The predicted octanol–water partition coefficient (Wildman–Crippen LogP) is 3.22. The first kappa shape index (κ1) is 17.8. The van der Waals surface area contributed by atoms with Gasteiger partial charge in [0.2, 0.25) is 0 Å². The number of carboxylic acid groups (broad SMARTS) is 1. The Morgan fingerprint density at radius 1 is 1.17 bits per heavy atom. The van der Waals surface area contributed by atoms with Crippen molar-refractivity contribution in [3.05, 3.63) is 63.6 Å². The summed E-state index contributed by atoms with van der Waals surface area (Å²) in [5.41, 5.74) is 3.41. The van der Waals surface area contributed by atoms with Gasteiger partial charge in [0.25, 0.3) is 5.91 Å². The topological polar surface area (TPSA) is 88.0 Å². The second-order valence-electron chi connectivity index (χ2n) is 4.58. The average Bonchev–Trinajstić information content (AvgIpc) is 2.54. The van der Waals surface area contributed by atoms with Gasteiger partial charge in [-0.1, -0.05) is 23.2 Å². The number of carbonyl (C=O) groups is 2. The number of carboxylic acids is 1. The summed E-state index contributed by atoms with van der Waals surface area (Å²) in [7, 11) is 0.